The van der Waals surface area contributed by atoms with Gasteiger partial charge in [0.1, 0.15) is 17.6 Å². The van der Waals surface area contributed by atoms with Crippen LogP contribution in [0.1, 0.15) is 32.7 Å². The van der Waals surface area contributed by atoms with Gasteiger partial charge in [0.15, 0.2) is 16.3 Å². The molecule has 2 atom stereocenters. The number of carbonyl (C=O) groups is 1. The minimum Gasteiger partial charge on any atom is -0.366 e. The molecular weight excluding hydrogens is 504 g/mol. The number of hydrogen-bond donors (Lipinski definition) is 1. The van der Waals surface area contributed by atoms with Crippen LogP contribution in [-0.4, -0.2) is 42.2 Å². The first kappa shape index (κ1) is 24.8. The van der Waals surface area contributed by atoms with Crippen LogP contribution in [0.4, 0.5) is 19.6 Å². The lowest BCUT2D eigenvalue weighted by Crippen LogP contribution is -2.38. The van der Waals surface area contributed by atoms with E-state index < -0.39 is 34.1 Å². The Balaban J connectivity index is 1.40. The number of thiazole rings is 1. The highest BCUT2D eigenvalue weighted by Gasteiger charge is 2.26. The topological polar surface area (TPSA) is 107 Å². The highest BCUT2D eigenvalue weighted by Crippen LogP contribution is 2.34. The fourth-order valence-electron chi connectivity index (χ4n) is 4.71. The fourth-order valence-corrected chi connectivity index (χ4v) is 5.42. The van der Waals surface area contributed by atoms with Crippen molar-refractivity contribution < 1.29 is 13.6 Å². The van der Waals surface area contributed by atoms with Crippen LogP contribution in [0.15, 0.2) is 34.1 Å². The van der Waals surface area contributed by atoms with Crippen LogP contribution >= 0.6 is 11.3 Å². The molecule has 5 rings (SSSR count). The minimum absolute atomic E-state index is 0.00766. The number of amides is 1. The Morgan fingerprint density at radius 1 is 1.22 bits per heavy atom. The summed E-state index contributed by atoms with van der Waals surface area (Å²) in [5, 5.41) is 1.89. The molecule has 0 spiro atoms. The van der Waals surface area contributed by atoms with Gasteiger partial charge in [-0.25, -0.2) is 19.2 Å². The van der Waals surface area contributed by atoms with Gasteiger partial charge in [-0.1, -0.05) is 17.4 Å². The number of fused-ring (bicyclic) bond motifs is 1. The molecule has 3 aromatic heterocycles. The first-order valence-electron chi connectivity index (χ1n) is 11.7. The van der Waals surface area contributed by atoms with E-state index in [0.717, 1.165) is 24.0 Å². The first-order chi connectivity index (χ1) is 17.6. The summed E-state index contributed by atoms with van der Waals surface area (Å²) in [6, 6.07) is 3.81. The van der Waals surface area contributed by atoms with Crippen LogP contribution in [0.2, 0.25) is 0 Å². The van der Waals surface area contributed by atoms with Crippen molar-refractivity contribution in [3.8, 4) is 11.3 Å². The van der Waals surface area contributed by atoms with Crippen molar-refractivity contribution in [1.82, 2.24) is 23.7 Å². The Labute approximate surface area is 213 Å². The number of anilines is 2. The summed E-state index contributed by atoms with van der Waals surface area (Å²) >= 11 is 0.623. The molecule has 2 unspecified atom stereocenters. The van der Waals surface area contributed by atoms with Gasteiger partial charge >= 0.3 is 5.69 Å². The third-order valence-electron chi connectivity index (χ3n) is 6.87. The summed E-state index contributed by atoms with van der Waals surface area (Å²) in [5.41, 5.74) is -0.227. The average Bonchev–Trinajstić information content (AvgIpc) is 3.59. The van der Waals surface area contributed by atoms with Gasteiger partial charge < -0.3 is 14.8 Å². The molecule has 0 saturated carbocycles. The molecule has 1 amide bonds. The third-order valence-corrected chi connectivity index (χ3v) is 7.63. The second-order valence-corrected chi connectivity index (χ2v) is 10.1. The van der Waals surface area contributed by atoms with Gasteiger partial charge in [0.25, 0.3) is 5.56 Å². The quantitative estimate of drug-likeness (QED) is 0.426. The molecular formula is C24H25F2N7O3S. The number of imidazole rings is 1. The summed E-state index contributed by atoms with van der Waals surface area (Å²) in [6.07, 6.45) is 3.28. The number of hydrogen-bond acceptors (Lipinski definition) is 7. The molecule has 0 bridgehead atoms. The summed E-state index contributed by atoms with van der Waals surface area (Å²) in [6.45, 7) is 4.35. The summed E-state index contributed by atoms with van der Waals surface area (Å²) < 4.78 is 33.2. The Morgan fingerprint density at radius 2 is 1.97 bits per heavy atom. The molecule has 0 radical (unpaired) electrons. The monoisotopic (exact) mass is 529 g/mol. The van der Waals surface area contributed by atoms with Crippen molar-refractivity contribution in [2.45, 2.75) is 38.8 Å². The Hall–Kier alpha value is -3.87. The highest BCUT2D eigenvalue weighted by molar-refractivity contribution is 7.14. The zero-order valence-electron chi connectivity index (χ0n) is 20.7. The van der Waals surface area contributed by atoms with Crippen LogP contribution in [0.5, 0.6) is 0 Å². The Morgan fingerprint density at radius 3 is 2.65 bits per heavy atom. The lowest BCUT2D eigenvalue weighted by Gasteiger charge is -2.24. The van der Waals surface area contributed by atoms with Crippen molar-refractivity contribution in [2.75, 3.05) is 16.8 Å². The van der Waals surface area contributed by atoms with Crippen LogP contribution in [0.3, 0.4) is 0 Å². The molecule has 1 fully saturated rings. The maximum absolute atomic E-state index is 14.9. The number of nitrogens with one attached hydrogen (secondary N) is 1. The SMILES string of the molecule is CC1CCCN1c1ccc(-c2nc(NC(=O)C(C)n3cnc4c3c(=O)n(C)c(=O)n4C)sc2F)cc1F. The van der Waals surface area contributed by atoms with Crippen LogP contribution in [-0.2, 0) is 18.9 Å². The van der Waals surface area contributed by atoms with E-state index in [4.69, 9.17) is 0 Å². The van der Waals surface area contributed by atoms with Crippen LogP contribution in [0.25, 0.3) is 22.4 Å². The van der Waals surface area contributed by atoms with Gasteiger partial charge in [0, 0.05) is 32.2 Å². The lowest BCUT2D eigenvalue weighted by molar-refractivity contribution is -0.118. The predicted octanol–water partition coefficient (Wildman–Crippen LogP) is 3.02. The van der Waals surface area contributed by atoms with E-state index in [-0.39, 0.29) is 33.6 Å². The lowest BCUT2D eigenvalue weighted by atomic mass is 10.1. The number of nitrogens with zero attached hydrogens (tertiary/aromatic N) is 6. The van der Waals surface area contributed by atoms with E-state index >= 15 is 0 Å². The fraction of sp³-hybridized carbons (Fsp3) is 0.375. The van der Waals surface area contributed by atoms with Crippen molar-refractivity contribution in [3.05, 3.63) is 56.3 Å². The minimum atomic E-state index is -0.926. The number of benzene rings is 1. The molecule has 4 heterocycles. The standard InChI is InChI=1S/C24H25F2N7O3S/c1-12-6-5-9-32(12)16-8-7-14(10-15(16)25)17-19(26)37-23(28-17)29-21(34)13(2)33-11-27-20-18(33)22(35)31(4)24(36)30(20)3/h7-8,10-13H,5-6,9H2,1-4H3,(H,28,29,34). The second-order valence-electron chi connectivity index (χ2n) is 9.19. The summed E-state index contributed by atoms with van der Waals surface area (Å²) in [7, 11) is 2.82. The molecule has 1 N–H and O–H groups in total. The highest BCUT2D eigenvalue weighted by atomic mass is 32.1. The average molecular weight is 530 g/mol. The van der Waals surface area contributed by atoms with E-state index in [9.17, 15) is 23.2 Å². The number of aromatic nitrogens is 5. The van der Waals surface area contributed by atoms with E-state index in [2.05, 4.69) is 15.3 Å². The molecule has 1 aliphatic rings. The summed E-state index contributed by atoms with van der Waals surface area (Å²) in [5.74, 6) is -1.03. The molecule has 1 saturated heterocycles. The van der Waals surface area contributed by atoms with E-state index in [1.807, 2.05) is 11.8 Å². The van der Waals surface area contributed by atoms with Gasteiger partial charge in [-0.15, -0.1) is 0 Å². The largest absolute Gasteiger partial charge is 0.366 e. The maximum atomic E-state index is 14.9. The van der Waals surface area contributed by atoms with Crippen molar-refractivity contribution in [3.63, 3.8) is 0 Å². The van der Waals surface area contributed by atoms with Crippen molar-refractivity contribution in [1.29, 1.82) is 0 Å². The third kappa shape index (κ3) is 4.12. The summed E-state index contributed by atoms with van der Waals surface area (Å²) in [4.78, 5) is 48.1. The molecule has 1 aromatic carbocycles. The van der Waals surface area contributed by atoms with Crippen molar-refractivity contribution in [2.24, 2.45) is 14.1 Å². The number of aryl methyl sites for hydroxylation is 1. The molecule has 10 nitrogen and oxygen atoms in total. The van der Waals surface area contributed by atoms with Crippen LogP contribution in [0, 0.1) is 10.9 Å². The van der Waals surface area contributed by atoms with E-state index in [1.54, 1.807) is 19.1 Å². The van der Waals surface area contributed by atoms with E-state index in [0.29, 0.717) is 17.0 Å². The van der Waals surface area contributed by atoms with Gasteiger partial charge in [0.05, 0.1) is 12.0 Å². The first-order valence-corrected chi connectivity index (χ1v) is 12.6. The number of rotatable bonds is 5. The molecule has 37 heavy (non-hydrogen) atoms. The molecule has 4 aromatic rings. The smallest absolute Gasteiger partial charge is 0.332 e. The predicted molar refractivity (Wildman–Crippen MR) is 137 cm³/mol. The van der Waals surface area contributed by atoms with Crippen molar-refractivity contribution >= 4 is 39.2 Å². The van der Waals surface area contributed by atoms with Gasteiger partial charge in [-0.05, 0) is 38.8 Å². The molecule has 0 aliphatic carbocycles. The van der Waals surface area contributed by atoms with E-state index in [1.165, 1.54) is 35.6 Å². The number of carbonyl (C=O) groups excluding carboxylic acids is 1. The zero-order chi connectivity index (χ0) is 26.6. The zero-order valence-corrected chi connectivity index (χ0v) is 21.5. The molecule has 194 valence electrons. The Kier molecular flexibility index (Phi) is 6.18. The van der Waals surface area contributed by atoms with Crippen LogP contribution < -0.4 is 21.5 Å². The normalized spacial score (nSPS) is 16.5. The van der Waals surface area contributed by atoms with Gasteiger partial charge in [-0.2, -0.15) is 4.39 Å². The second kappa shape index (κ2) is 9.21. The number of halogens is 2. The Bertz CT molecular complexity index is 1650. The maximum Gasteiger partial charge on any atom is 0.332 e. The van der Waals surface area contributed by atoms with Gasteiger partial charge in [-0.3, -0.25) is 18.7 Å². The molecule has 13 heteroatoms. The van der Waals surface area contributed by atoms with Gasteiger partial charge in [0.2, 0.25) is 11.0 Å². The molecule has 1 aliphatic heterocycles.